The van der Waals surface area contributed by atoms with Crippen LogP contribution in [0.2, 0.25) is 0 Å². The van der Waals surface area contributed by atoms with E-state index in [-0.39, 0.29) is 5.97 Å². The Morgan fingerprint density at radius 2 is 2.12 bits per heavy atom. The Morgan fingerprint density at radius 1 is 1.38 bits per heavy atom. The standard InChI is InChI=1S/C12H14O4/c1-3-4-12(14)16-10-6-5-9(8-13)7-11(10)15-2/h5-8H,3-4H2,1-2H3. The van der Waals surface area contributed by atoms with Gasteiger partial charge in [0.2, 0.25) is 0 Å². The number of carbonyl (C=O) groups excluding carboxylic acids is 2. The normalized spacial score (nSPS) is 9.62. The van der Waals surface area contributed by atoms with Crippen LogP contribution in [0.25, 0.3) is 0 Å². The molecular weight excluding hydrogens is 208 g/mol. The van der Waals surface area contributed by atoms with Crippen molar-refractivity contribution in [2.75, 3.05) is 7.11 Å². The molecule has 16 heavy (non-hydrogen) atoms. The third-order valence-corrected chi connectivity index (χ3v) is 2.00. The van der Waals surface area contributed by atoms with Crippen LogP contribution in [0, 0.1) is 0 Å². The van der Waals surface area contributed by atoms with Crippen molar-refractivity contribution in [2.24, 2.45) is 0 Å². The first-order valence-corrected chi connectivity index (χ1v) is 5.05. The highest BCUT2D eigenvalue weighted by atomic mass is 16.6. The van der Waals surface area contributed by atoms with Crippen LogP contribution in [0.15, 0.2) is 18.2 Å². The molecule has 1 aromatic carbocycles. The van der Waals surface area contributed by atoms with Gasteiger partial charge in [0.1, 0.15) is 6.29 Å². The first-order valence-electron chi connectivity index (χ1n) is 5.05. The van der Waals surface area contributed by atoms with Crippen molar-refractivity contribution in [2.45, 2.75) is 19.8 Å². The van der Waals surface area contributed by atoms with Gasteiger partial charge in [0, 0.05) is 12.0 Å². The number of methoxy groups -OCH3 is 1. The zero-order valence-corrected chi connectivity index (χ0v) is 9.36. The van der Waals surface area contributed by atoms with Gasteiger partial charge in [-0.2, -0.15) is 0 Å². The molecule has 86 valence electrons. The molecule has 0 aliphatic carbocycles. The molecule has 1 rings (SSSR count). The molecule has 0 bridgehead atoms. The third kappa shape index (κ3) is 3.08. The second kappa shape index (κ2) is 5.90. The summed E-state index contributed by atoms with van der Waals surface area (Å²) in [6, 6.07) is 4.65. The van der Waals surface area contributed by atoms with E-state index in [1.54, 1.807) is 12.1 Å². The molecule has 0 aromatic heterocycles. The second-order valence-corrected chi connectivity index (χ2v) is 3.25. The van der Waals surface area contributed by atoms with E-state index < -0.39 is 0 Å². The van der Waals surface area contributed by atoms with Crippen LogP contribution in [0.5, 0.6) is 11.5 Å². The summed E-state index contributed by atoms with van der Waals surface area (Å²) in [5, 5.41) is 0. The highest BCUT2D eigenvalue weighted by Crippen LogP contribution is 2.27. The zero-order valence-electron chi connectivity index (χ0n) is 9.36. The van der Waals surface area contributed by atoms with Crippen LogP contribution in [0.1, 0.15) is 30.1 Å². The van der Waals surface area contributed by atoms with Gasteiger partial charge in [0.25, 0.3) is 0 Å². The summed E-state index contributed by atoms with van der Waals surface area (Å²) in [6.45, 7) is 1.90. The molecule has 0 heterocycles. The van der Waals surface area contributed by atoms with E-state index in [2.05, 4.69) is 0 Å². The van der Waals surface area contributed by atoms with Crippen molar-refractivity contribution >= 4 is 12.3 Å². The molecule has 1 aromatic rings. The SMILES string of the molecule is CCCC(=O)Oc1ccc(C=O)cc1OC. The number of carbonyl (C=O) groups is 2. The molecule has 0 fully saturated rings. The largest absolute Gasteiger partial charge is 0.493 e. The van der Waals surface area contributed by atoms with E-state index >= 15 is 0 Å². The maximum atomic E-state index is 11.3. The third-order valence-electron chi connectivity index (χ3n) is 2.00. The molecule has 4 nitrogen and oxygen atoms in total. The van der Waals surface area contributed by atoms with E-state index in [1.807, 2.05) is 6.92 Å². The number of aldehydes is 1. The summed E-state index contributed by atoms with van der Waals surface area (Å²) in [7, 11) is 1.46. The lowest BCUT2D eigenvalue weighted by atomic mass is 10.2. The van der Waals surface area contributed by atoms with Gasteiger partial charge in [0.15, 0.2) is 11.5 Å². The fourth-order valence-corrected chi connectivity index (χ4v) is 1.22. The molecule has 0 aliphatic rings. The second-order valence-electron chi connectivity index (χ2n) is 3.25. The smallest absolute Gasteiger partial charge is 0.311 e. The van der Waals surface area contributed by atoms with Crippen LogP contribution in [0.3, 0.4) is 0 Å². The fraction of sp³-hybridized carbons (Fsp3) is 0.333. The Balaban J connectivity index is 2.87. The first kappa shape index (κ1) is 12.2. The summed E-state index contributed by atoms with van der Waals surface area (Å²) in [5.74, 6) is 0.417. The highest BCUT2D eigenvalue weighted by molar-refractivity contribution is 5.78. The van der Waals surface area contributed by atoms with Crippen molar-refractivity contribution in [3.63, 3.8) is 0 Å². The fourth-order valence-electron chi connectivity index (χ4n) is 1.22. The lowest BCUT2D eigenvalue weighted by Gasteiger charge is -2.08. The minimum absolute atomic E-state index is 0.306. The molecule has 0 saturated heterocycles. The lowest BCUT2D eigenvalue weighted by Crippen LogP contribution is -2.07. The van der Waals surface area contributed by atoms with E-state index in [0.29, 0.717) is 29.8 Å². The van der Waals surface area contributed by atoms with Gasteiger partial charge in [0.05, 0.1) is 7.11 Å². The van der Waals surface area contributed by atoms with Crippen molar-refractivity contribution in [1.29, 1.82) is 0 Å². The van der Waals surface area contributed by atoms with Crippen molar-refractivity contribution in [1.82, 2.24) is 0 Å². The average molecular weight is 222 g/mol. The number of benzene rings is 1. The molecular formula is C12H14O4. The Hall–Kier alpha value is -1.84. The number of esters is 1. The topological polar surface area (TPSA) is 52.6 Å². The summed E-state index contributed by atoms with van der Waals surface area (Å²) >= 11 is 0. The van der Waals surface area contributed by atoms with Crippen LogP contribution < -0.4 is 9.47 Å². The molecule has 0 atom stereocenters. The quantitative estimate of drug-likeness (QED) is 0.435. The van der Waals surface area contributed by atoms with Gasteiger partial charge in [-0.05, 0) is 24.6 Å². The molecule has 0 spiro atoms. The molecule has 0 amide bonds. The van der Waals surface area contributed by atoms with Crippen LogP contribution in [0.4, 0.5) is 0 Å². The minimum Gasteiger partial charge on any atom is -0.493 e. The van der Waals surface area contributed by atoms with E-state index in [4.69, 9.17) is 9.47 Å². The Kier molecular flexibility index (Phi) is 4.51. The van der Waals surface area contributed by atoms with E-state index in [9.17, 15) is 9.59 Å². The number of rotatable bonds is 5. The Morgan fingerprint density at radius 3 is 2.69 bits per heavy atom. The molecule has 0 aliphatic heterocycles. The monoisotopic (exact) mass is 222 g/mol. The van der Waals surface area contributed by atoms with Crippen LogP contribution >= 0.6 is 0 Å². The van der Waals surface area contributed by atoms with Gasteiger partial charge >= 0.3 is 5.97 Å². The van der Waals surface area contributed by atoms with Crippen molar-refractivity contribution < 1.29 is 19.1 Å². The molecule has 0 N–H and O–H groups in total. The Bertz CT molecular complexity index is 385. The number of hydrogen-bond donors (Lipinski definition) is 0. The summed E-state index contributed by atoms with van der Waals surface area (Å²) < 4.78 is 10.1. The van der Waals surface area contributed by atoms with Crippen molar-refractivity contribution in [3.05, 3.63) is 23.8 Å². The minimum atomic E-state index is -0.306. The van der Waals surface area contributed by atoms with Gasteiger partial charge < -0.3 is 9.47 Å². The van der Waals surface area contributed by atoms with Crippen molar-refractivity contribution in [3.8, 4) is 11.5 Å². The lowest BCUT2D eigenvalue weighted by molar-refractivity contribution is -0.134. The summed E-state index contributed by atoms with van der Waals surface area (Å²) in [5.41, 5.74) is 0.479. The van der Waals surface area contributed by atoms with Gasteiger partial charge in [-0.1, -0.05) is 6.92 Å². The molecule has 0 saturated carbocycles. The van der Waals surface area contributed by atoms with Gasteiger partial charge in [-0.15, -0.1) is 0 Å². The van der Waals surface area contributed by atoms with Gasteiger partial charge in [-0.25, -0.2) is 0 Å². The highest BCUT2D eigenvalue weighted by Gasteiger charge is 2.09. The van der Waals surface area contributed by atoms with Crippen LogP contribution in [-0.4, -0.2) is 19.4 Å². The van der Waals surface area contributed by atoms with Crippen LogP contribution in [-0.2, 0) is 4.79 Å². The Labute approximate surface area is 94.2 Å². The molecule has 4 heteroatoms. The predicted octanol–water partition coefficient (Wildman–Crippen LogP) is 2.21. The summed E-state index contributed by atoms with van der Waals surface area (Å²) in [4.78, 5) is 21.8. The molecule has 0 radical (unpaired) electrons. The molecule has 0 unspecified atom stereocenters. The zero-order chi connectivity index (χ0) is 12.0. The maximum Gasteiger partial charge on any atom is 0.311 e. The van der Waals surface area contributed by atoms with Gasteiger partial charge in [-0.3, -0.25) is 9.59 Å². The number of hydrogen-bond acceptors (Lipinski definition) is 4. The first-order chi connectivity index (χ1) is 7.71. The summed E-state index contributed by atoms with van der Waals surface area (Å²) in [6.07, 6.45) is 1.80. The average Bonchev–Trinajstić information content (AvgIpc) is 2.30. The number of ether oxygens (including phenoxy) is 2. The maximum absolute atomic E-state index is 11.3. The van der Waals surface area contributed by atoms with E-state index in [0.717, 1.165) is 6.42 Å². The van der Waals surface area contributed by atoms with E-state index in [1.165, 1.54) is 13.2 Å². The predicted molar refractivity (Wildman–Crippen MR) is 58.9 cm³/mol.